The summed E-state index contributed by atoms with van der Waals surface area (Å²) >= 11 is 0. The number of nitrogens with one attached hydrogen (secondary N) is 1. The molecule has 2 N–H and O–H groups in total. The second kappa shape index (κ2) is 7.63. The first kappa shape index (κ1) is 16.8. The normalized spacial score (nSPS) is 22.4. The second-order valence-electron chi connectivity index (χ2n) is 6.41. The minimum Gasteiger partial charge on any atom is -0.393 e. The Hall–Kier alpha value is -1.55. The van der Waals surface area contributed by atoms with E-state index < -0.39 is 0 Å². The van der Waals surface area contributed by atoms with Gasteiger partial charge in [-0.3, -0.25) is 0 Å². The van der Waals surface area contributed by atoms with E-state index in [1.54, 1.807) is 11.9 Å². The Bertz CT molecular complexity index is 486. The number of aliphatic hydroxyl groups is 1. The van der Waals surface area contributed by atoms with Crippen LogP contribution in [0.25, 0.3) is 0 Å². The Labute approximate surface area is 133 Å². The summed E-state index contributed by atoms with van der Waals surface area (Å²) < 4.78 is 0. The molecule has 2 amide bonds. The van der Waals surface area contributed by atoms with Crippen molar-refractivity contribution in [2.24, 2.45) is 5.92 Å². The van der Waals surface area contributed by atoms with E-state index in [0.717, 1.165) is 31.2 Å². The fourth-order valence-corrected chi connectivity index (χ4v) is 3.09. The van der Waals surface area contributed by atoms with Gasteiger partial charge in [-0.05, 0) is 37.3 Å². The molecular weight excluding hydrogens is 276 g/mol. The Morgan fingerprint density at radius 1 is 1.36 bits per heavy atom. The van der Waals surface area contributed by atoms with Crippen LogP contribution in [0.15, 0.2) is 24.3 Å². The molecule has 1 aromatic carbocycles. The van der Waals surface area contributed by atoms with E-state index >= 15 is 0 Å². The molecule has 1 aliphatic carbocycles. The highest BCUT2D eigenvalue weighted by molar-refractivity contribution is 5.74. The maximum atomic E-state index is 12.3. The number of amides is 2. The summed E-state index contributed by atoms with van der Waals surface area (Å²) in [6.07, 6.45) is 3.69. The number of hydrogen-bond acceptors (Lipinski definition) is 2. The molecule has 1 saturated carbocycles. The molecule has 2 rings (SSSR count). The Morgan fingerprint density at radius 3 is 2.59 bits per heavy atom. The number of urea groups is 1. The van der Waals surface area contributed by atoms with E-state index in [9.17, 15) is 9.90 Å². The molecule has 4 nitrogen and oxygen atoms in total. The van der Waals surface area contributed by atoms with Crippen molar-refractivity contribution in [1.82, 2.24) is 10.2 Å². The fraction of sp³-hybridized carbons (Fsp3) is 0.611. The molecule has 4 heteroatoms. The van der Waals surface area contributed by atoms with E-state index in [1.165, 1.54) is 5.56 Å². The first-order valence-corrected chi connectivity index (χ1v) is 8.29. The molecule has 1 fully saturated rings. The van der Waals surface area contributed by atoms with Crippen LogP contribution in [-0.2, 0) is 6.42 Å². The Morgan fingerprint density at radius 2 is 2.05 bits per heavy atom. The molecule has 1 aliphatic rings. The van der Waals surface area contributed by atoms with Crippen molar-refractivity contribution in [3.63, 3.8) is 0 Å². The van der Waals surface area contributed by atoms with Crippen LogP contribution in [-0.4, -0.2) is 35.7 Å². The lowest BCUT2D eigenvalue weighted by atomic mass is 10.0. The Balaban J connectivity index is 1.86. The van der Waals surface area contributed by atoms with Gasteiger partial charge in [-0.2, -0.15) is 0 Å². The smallest absolute Gasteiger partial charge is 0.317 e. The summed E-state index contributed by atoms with van der Waals surface area (Å²) in [5.74, 6) is 0.217. The molecule has 0 radical (unpaired) electrons. The summed E-state index contributed by atoms with van der Waals surface area (Å²) in [5, 5.41) is 12.9. The van der Waals surface area contributed by atoms with Crippen molar-refractivity contribution in [1.29, 1.82) is 0 Å². The van der Waals surface area contributed by atoms with Gasteiger partial charge in [-0.1, -0.05) is 37.6 Å². The van der Waals surface area contributed by atoms with Crippen LogP contribution < -0.4 is 5.32 Å². The molecule has 0 aromatic heterocycles. The number of aryl methyl sites for hydroxylation is 1. The van der Waals surface area contributed by atoms with Gasteiger partial charge < -0.3 is 15.3 Å². The molecule has 122 valence electrons. The molecule has 0 bridgehead atoms. The fourth-order valence-electron chi connectivity index (χ4n) is 3.09. The highest BCUT2D eigenvalue weighted by Gasteiger charge is 2.27. The molecule has 0 saturated heterocycles. The zero-order valence-electron chi connectivity index (χ0n) is 13.9. The average Bonchev–Trinajstić information content (AvgIpc) is 2.92. The molecule has 0 heterocycles. The molecule has 0 aliphatic heterocycles. The van der Waals surface area contributed by atoms with Crippen molar-refractivity contribution in [2.75, 3.05) is 13.6 Å². The van der Waals surface area contributed by atoms with Gasteiger partial charge in [-0.15, -0.1) is 0 Å². The quantitative estimate of drug-likeness (QED) is 0.878. The molecule has 3 unspecified atom stereocenters. The van der Waals surface area contributed by atoms with Gasteiger partial charge in [0.2, 0.25) is 0 Å². The third kappa shape index (κ3) is 4.23. The molecular formula is C18H28N2O2. The summed E-state index contributed by atoms with van der Waals surface area (Å²) in [6.45, 7) is 4.75. The largest absolute Gasteiger partial charge is 0.393 e. The third-order valence-corrected chi connectivity index (χ3v) is 4.70. The van der Waals surface area contributed by atoms with Crippen LogP contribution in [0, 0.1) is 5.92 Å². The molecule has 0 spiro atoms. The summed E-state index contributed by atoms with van der Waals surface area (Å²) in [5.41, 5.74) is 2.41. The highest BCUT2D eigenvalue weighted by atomic mass is 16.3. The van der Waals surface area contributed by atoms with Crippen LogP contribution >= 0.6 is 0 Å². The third-order valence-electron chi connectivity index (χ3n) is 4.70. The lowest BCUT2D eigenvalue weighted by Crippen LogP contribution is -2.42. The van der Waals surface area contributed by atoms with Crippen LogP contribution in [0.3, 0.4) is 0 Å². The van der Waals surface area contributed by atoms with Crippen LogP contribution in [0.4, 0.5) is 4.79 Å². The van der Waals surface area contributed by atoms with E-state index in [-0.39, 0.29) is 24.1 Å². The van der Waals surface area contributed by atoms with Crippen molar-refractivity contribution in [3.8, 4) is 0 Å². The van der Waals surface area contributed by atoms with E-state index in [2.05, 4.69) is 36.5 Å². The minimum absolute atomic E-state index is 0.0191. The number of rotatable bonds is 5. The maximum absolute atomic E-state index is 12.3. The van der Waals surface area contributed by atoms with E-state index in [1.807, 2.05) is 6.92 Å². The molecule has 1 aromatic rings. The van der Waals surface area contributed by atoms with Crippen molar-refractivity contribution in [2.45, 2.75) is 51.7 Å². The van der Waals surface area contributed by atoms with E-state index in [0.29, 0.717) is 6.54 Å². The maximum Gasteiger partial charge on any atom is 0.317 e. The number of nitrogens with zero attached hydrogens (tertiary/aromatic N) is 1. The van der Waals surface area contributed by atoms with Crippen LogP contribution in [0.1, 0.15) is 50.3 Å². The summed E-state index contributed by atoms with van der Waals surface area (Å²) in [6, 6.07) is 8.27. The van der Waals surface area contributed by atoms with Crippen LogP contribution in [0.2, 0.25) is 0 Å². The monoisotopic (exact) mass is 304 g/mol. The predicted molar refractivity (Wildman–Crippen MR) is 88.7 cm³/mol. The van der Waals surface area contributed by atoms with Crippen molar-refractivity contribution < 1.29 is 9.90 Å². The van der Waals surface area contributed by atoms with Gasteiger partial charge in [0.15, 0.2) is 0 Å². The summed E-state index contributed by atoms with van der Waals surface area (Å²) in [7, 11) is 1.80. The van der Waals surface area contributed by atoms with Gasteiger partial charge in [0, 0.05) is 19.5 Å². The van der Waals surface area contributed by atoms with Gasteiger partial charge >= 0.3 is 6.03 Å². The lowest BCUT2D eigenvalue weighted by molar-refractivity contribution is 0.113. The SMILES string of the molecule is CCc1ccc(C(C)NC(=O)N(C)CC2CCCC2O)cc1. The Kier molecular flexibility index (Phi) is 5.83. The standard InChI is InChI=1S/C18H28N2O2/c1-4-14-8-10-15(11-9-14)13(2)19-18(22)20(3)12-16-6-5-7-17(16)21/h8-11,13,16-17,21H,4-7,12H2,1-3H3,(H,19,22). The zero-order valence-corrected chi connectivity index (χ0v) is 13.9. The number of benzene rings is 1. The van der Waals surface area contributed by atoms with E-state index in [4.69, 9.17) is 0 Å². The first-order chi connectivity index (χ1) is 10.5. The van der Waals surface area contributed by atoms with Crippen molar-refractivity contribution in [3.05, 3.63) is 35.4 Å². The number of carbonyl (C=O) groups is 1. The van der Waals surface area contributed by atoms with Gasteiger partial charge in [-0.25, -0.2) is 4.79 Å². The average molecular weight is 304 g/mol. The molecule has 22 heavy (non-hydrogen) atoms. The number of aliphatic hydroxyl groups excluding tert-OH is 1. The highest BCUT2D eigenvalue weighted by Crippen LogP contribution is 2.26. The zero-order chi connectivity index (χ0) is 16.1. The van der Waals surface area contributed by atoms with Gasteiger partial charge in [0.05, 0.1) is 12.1 Å². The topological polar surface area (TPSA) is 52.6 Å². The minimum atomic E-state index is -0.255. The number of hydrogen-bond donors (Lipinski definition) is 2. The summed E-state index contributed by atoms with van der Waals surface area (Å²) in [4.78, 5) is 14.0. The predicted octanol–water partition coefficient (Wildman–Crippen LogP) is 3.11. The van der Waals surface area contributed by atoms with Gasteiger partial charge in [0.1, 0.15) is 0 Å². The van der Waals surface area contributed by atoms with Gasteiger partial charge in [0.25, 0.3) is 0 Å². The second-order valence-corrected chi connectivity index (χ2v) is 6.41. The van der Waals surface area contributed by atoms with Crippen LogP contribution in [0.5, 0.6) is 0 Å². The first-order valence-electron chi connectivity index (χ1n) is 8.29. The van der Waals surface area contributed by atoms with Crippen molar-refractivity contribution >= 4 is 6.03 Å². The number of carbonyl (C=O) groups excluding carboxylic acids is 1. The molecule has 3 atom stereocenters. The lowest BCUT2D eigenvalue weighted by Gasteiger charge is -2.25.